The standard InChI is InChI=1S/C11H20N2O/c1-5-10(3)11(14)8-13(4)7-9(2)6-12/h9-10H,5,7-8H2,1-4H3. The van der Waals surface area contributed by atoms with Crippen molar-refractivity contribution in [1.29, 1.82) is 5.26 Å². The van der Waals surface area contributed by atoms with Gasteiger partial charge in [-0.3, -0.25) is 9.69 Å². The summed E-state index contributed by atoms with van der Waals surface area (Å²) in [5, 5.41) is 8.61. The van der Waals surface area contributed by atoms with E-state index in [1.165, 1.54) is 0 Å². The molecule has 80 valence electrons. The normalized spacial score (nSPS) is 14.9. The van der Waals surface area contributed by atoms with Crippen LogP contribution in [0.5, 0.6) is 0 Å². The molecule has 0 bridgehead atoms. The molecule has 14 heavy (non-hydrogen) atoms. The first-order valence-electron chi connectivity index (χ1n) is 5.12. The minimum Gasteiger partial charge on any atom is -0.298 e. The van der Waals surface area contributed by atoms with Crippen LogP contribution in [-0.2, 0) is 4.79 Å². The molecule has 0 aliphatic carbocycles. The largest absolute Gasteiger partial charge is 0.298 e. The number of carbonyl (C=O) groups is 1. The van der Waals surface area contributed by atoms with E-state index >= 15 is 0 Å². The Hall–Kier alpha value is -0.880. The van der Waals surface area contributed by atoms with Gasteiger partial charge in [0.15, 0.2) is 0 Å². The molecule has 2 atom stereocenters. The predicted molar refractivity (Wildman–Crippen MR) is 56.7 cm³/mol. The summed E-state index contributed by atoms with van der Waals surface area (Å²) in [6.45, 7) is 6.95. The van der Waals surface area contributed by atoms with Crippen LogP contribution in [0.3, 0.4) is 0 Å². The van der Waals surface area contributed by atoms with Gasteiger partial charge in [0, 0.05) is 12.5 Å². The van der Waals surface area contributed by atoms with E-state index in [-0.39, 0.29) is 17.6 Å². The summed E-state index contributed by atoms with van der Waals surface area (Å²) in [5.41, 5.74) is 0. The second-order valence-electron chi connectivity index (χ2n) is 4.00. The lowest BCUT2D eigenvalue weighted by atomic mass is 10.0. The molecular weight excluding hydrogens is 176 g/mol. The van der Waals surface area contributed by atoms with Crippen molar-refractivity contribution in [2.45, 2.75) is 27.2 Å². The topological polar surface area (TPSA) is 44.1 Å². The van der Waals surface area contributed by atoms with Crippen LogP contribution < -0.4 is 0 Å². The van der Waals surface area contributed by atoms with Gasteiger partial charge < -0.3 is 0 Å². The molecule has 0 aromatic carbocycles. The second-order valence-corrected chi connectivity index (χ2v) is 4.00. The minimum atomic E-state index is -0.00951. The summed E-state index contributed by atoms with van der Waals surface area (Å²) in [7, 11) is 1.88. The maximum atomic E-state index is 11.5. The molecule has 0 fully saturated rings. The van der Waals surface area contributed by atoms with Crippen molar-refractivity contribution in [1.82, 2.24) is 4.90 Å². The average molecular weight is 196 g/mol. The van der Waals surface area contributed by atoms with Gasteiger partial charge in [0.05, 0.1) is 18.5 Å². The van der Waals surface area contributed by atoms with E-state index < -0.39 is 0 Å². The Labute approximate surface area is 86.7 Å². The van der Waals surface area contributed by atoms with E-state index in [0.29, 0.717) is 13.1 Å². The molecule has 0 N–H and O–H groups in total. The summed E-state index contributed by atoms with van der Waals surface area (Å²) in [6, 6.07) is 2.16. The van der Waals surface area contributed by atoms with Gasteiger partial charge in [-0.05, 0) is 20.4 Å². The first kappa shape index (κ1) is 13.1. The van der Waals surface area contributed by atoms with E-state index in [9.17, 15) is 4.79 Å². The van der Waals surface area contributed by atoms with Crippen LogP contribution in [0.15, 0.2) is 0 Å². The van der Waals surface area contributed by atoms with Crippen molar-refractivity contribution in [3.8, 4) is 6.07 Å². The Bertz CT molecular complexity index is 220. The molecule has 0 aliphatic heterocycles. The number of hydrogen-bond donors (Lipinski definition) is 0. The Morgan fingerprint density at radius 3 is 2.50 bits per heavy atom. The van der Waals surface area contributed by atoms with Crippen LogP contribution in [0, 0.1) is 23.2 Å². The fourth-order valence-electron chi connectivity index (χ4n) is 1.22. The smallest absolute Gasteiger partial charge is 0.149 e. The molecule has 0 heterocycles. The number of ketones is 1. The highest BCUT2D eigenvalue weighted by Crippen LogP contribution is 2.04. The second kappa shape index (κ2) is 6.56. The first-order chi connectivity index (χ1) is 6.51. The number of rotatable bonds is 6. The molecule has 3 heteroatoms. The molecule has 3 nitrogen and oxygen atoms in total. The van der Waals surface area contributed by atoms with Crippen molar-refractivity contribution in [2.75, 3.05) is 20.1 Å². The number of likely N-dealkylation sites (N-methyl/N-ethyl adjacent to an activating group) is 1. The Balaban J connectivity index is 3.89. The third-order valence-corrected chi connectivity index (χ3v) is 2.39. The molecule has 0 aliphatic rings. The monoisotopic (exact) mass is 196 g/mol. The van der Waals surface area contributed by atoms with Crippen LogP contribution in [0.1, 0.15) is 27.2 Å². The lowest BCUT2D eigenvalue weighted by Crippen LogP contribution is -2.32. The first-order valence-corrected chi connectivity index (χ1v) is 5.12. The number of nitriles is 1. The Morgan fingerprint density at radius 2 is 2.07 bits per heavy atom. The van der Waals surface area contributed by atoms with Gasteiger partial charge in [-0.25, -0.2) is 0 Å². The number of hydrogen-bond acceptors (Lipinski definition) is 3. The van der Waals surface area contributed by atoms with Gasteiger partial charge in [0.2, 0.25) is 0 Å². The SMILES string of the molecule is CCC(C)C(=O)CN(C)CC(C)C#N. The van der Waals surface area contributed by atoms with Crippen LogP contribution in [0.25, 0.3) is 0 Å². The molecule has 0 saturated heterocycles. The summed E-state index contributed by atoms with van der Waals surface area (Å²) >= 11 is 0. The zero-order chi connectivity index (χ0) is 11.1. The number of carbonyl (C=O) groups excluding carboxylic acids is 1. The maximum absolute atomic E-state index is 11.5. The minimum absolute atomic E-state index is 0.00951. The quantitative estimate of drug-likeness (QED) is 0.649. The van der Waals surface area contributed by atoms with Crippen LogP contribution >= 0.6 is 0 Å². The molecule has 0 amide bonds. The number of nitrogens with zero attached hydrogens (tertiary/aromatic N) is 2. The van der Waals surface area contributed by atoms with E-state index in [1.54, 1.807) is 0 Å². The molecular formula is C11H20N2O. The van der Waals surface area contributed by atoms with Crippen molar-refractivity contribution in [3.63, 3.8) is 0 Å². The van der Waals surface area contributed by atoms with Crippen molar-refractivity contribution in [3.05, 3.63) is 0 Å². The summed E-state index contributed by atoms with van der Waals surface area (Å²) in [6.07, 6.45) is 0.889. The van der Waals surface area contributed by atoms with Crippen LogP contribution in [0.4, 0.5) is 0 Å². The lowest BCUT2D eigenvalue weighted by Gasteiger charge is -2.18. The molecule has 0 saturated carbocycles. The summed E-state index contributed by atoms with van der Waals surface area (Å²) in [4.78, 5) is 13.4. The molecule has 2 unspecified atom stereocenters. The third kappa shape index (κ3) is 4.98. The van der Waals surface area contributed by atoms with Crippen molar-refractivity contribution >= 4 is 5.78 Å². The zero-order valence-electron chi connectivity index (χ0n) is 9.58. The maximum Gasteiger partial charge on any atom is 0.149 e. The predicted octanol–water partition coefficient (Wildman–Crippen LogP) is 1.69. The van der Waals surface area contributed by atoms with E-state index in [0.717, 1.165) is 6.42 Å². The summed E-state index contributed by atoms with van der Waals surface area (Å²) < 4.78 is 0. The van der Waals surface area contributed by atoms with E-state index in [1.807, 2.05) is 32.7 Å². The summed E-state index contributed by atoms with van der Waals surface area (Å²) in [5.74, 6) is 0.389. The van der Waals surface area contributed by atoms with Gasteiger partial charge in [0.25, 0.3) is 0 Å². The number of Topliss-reactive ketones (excluding diaryl/α,β-unsaturated/α-hetero) is 1. The fourth-order valence-corrected chi connectivity index (χ4v) is 1.22. The molecule has 0 rings (SSSR count). The highest BCUT2D eigenvalue weighted by atomic mass is 16.1. The van der Waals surface area contributed by atoms with Crippen molar-refractivity contribution < 1.29 is 4.79 Å². The van der Waals surface area contributed by atoms with E-state index in [2.05, 4.69) is 6.07 Å². The molecule has 0 radical (unpaired) electrons. The third-order valence-electron chi connectivity index (χ3n) is 2.39. The Kier molecular flexibility index (Phi) is 6.14. The van der Waals surface area contributed by atoms with Gasteiger partial charge in [-0.1, -0.05) is 13.8 Å². The molecule has 0 aromatic heterocycles. The van der Waals surface area contributed by atoms with Gasteiger partial charge >= 0.3 is 0 Å². The Morgan fingerprint density at radius 1 is 1.50 bits per heavy atom. The van der Waals surface area contributed by atoms with Gasteiger partial charge in [0.1, 0.15) is 5.78 Å². The average Bonchev–Trinajstić information content (AvgIpc) is 2.15. The van der Waals surface area contributed by atoms with Gasteiger partial charge in [-0.2, -0.15) is 5.26 Å². The molecule has 0 aromatic rings. The van der Waals surface area contributed by atoms with E-state index in [4.69, 9.17) is 5.26 Å². The lowest BCUT2D eigenvalue weighted by molar-refractivity contribution is -0.123. The highest BCUT2D eigenvalue weighted by Gasteiger charge is 2.14. The van der Waals surface area contributed by atoms with Crippen LogP contribution in [0.2, 0.25) is 0 Å². The molecule has 0 spiro atoms. The van der Waals surface area contributed by atoms with Gasteiger partial charge in [-0.15, -0.1) is 0 Å². The van der Waals surface area contributed by atoms with Crippen LogP contribution in [-0.4, -0.2) is 30.8 Å². The van der Waals surface area contributed by atoms with Crippen molar-refractivity contribution in [2.24, 2.45) is 11.8 Å². The highest BCUT2D eigenvalue weighted by molar-refractivity contribution is 5.82. The fraction of sp³-hybridized carbons (Fsp3) is 0.818. The zero-order valence-corrected chi connectivity index (χ0v) is 9.58.